The van der Waals surface area contributed by atoms with Gasteiger partial charge >= 0.3 is 6.09 Å². The van der Waals surface area contributed by atoms with Gasteiger partial charge in [-0.25, -0.2) is 4.79 Å². The fraction of sp³-hybridized carbons (Fsp3) is 0.200. The molecule has 0 saturated heterocycles. The van der Waals surface area contributed by atoms with Gasteiger partial charge in [-0.2, -0.15) is 0 Å². The molecule has 0 aromatic carbocycles. The molecule has 1 amide bonds. The van der Waals surface area contributed by atoms with Crippen LogP contribution in [0.25, 0.3) is 0 Å². The van der Waals surface area contributed by atoms with Crippen LogP contribution >= 0.6 is 0 Å². The summed E-state index contributed by atoms with van der Waals surface area (Å²) in [5.74, 6) is 0. The van der Waals surface area contributed by atoms with Crippen LogP contribution < -0.4 is 5.32 Å². The maximum absolute atomic E-state index is 9.93. The van der Waals surface area contributed by atoms with E-state index in [0.717, 1.165) is 0 Å². The number of aromatic nitrogens is 1. The Bertz CT molecular complexity index is 207. The SMILES string of the molecule is O=C(O)NCc1cnoc1. The summed E-state index contributed by atoms with van der Waals surface area (Å²) >= 11 is 0. The molecule has 0 bridgehead atoms. The topological polar surface area (TPSA) is 75.4 Å². The lowest BCUT2D eigenvalue weighted by Gasteiger charge is -1.93. The Hall–Kier alpha value is -1.52. The summed E-state index contributed by atoms with van der Waals surface area (Å²) in [4.78, 5) is 9.93. The lowest BCUT2D eigenvalue weighted by molar-refractivity contribution is 0.194. The first-order valence-corrected chi connectivity index (χ1v) is 2.64. The Labute approximate surface area is 56.6 Å². The van der Waals surface area contributed by atoms with E-state index in [2.05, 4.69) is 15.0 Å². The number of carboxylic acid groups (broad SMARTS) is 1. The molecule has 0 aliphatic carbocycles. The van der Waals surface area contributed by atoms with Crippen LogP contribution in [0.15, 0.2) is 17.0 Å². The van der Waals surface area contributed by atoms with Gasteiger partial charge in [0.15, 0.2) is 0 Å². The van der Waals surface area contributed by atoms with E-state index in [0.29, 0.717) is 5.56 Å². The van der Waals surface area contributed by atoms with E-state index in [1.165, 1.54) is 12.5 Å². The second-order valence-corrected chi connectivity index (χ2v) is 1.69. The first-order chi connectivity index (χ1) is 4.79. The lowest BCUT2D eigenvalue weighted by atomic mass is 10.4. The third-order valence-electron chi connectivity index (χ3n) is 0.927. The van der Waals surface area contributed by atoms with Crippen LogP contribution in [-0.4, -0.2) is 16.4 Å². The zero-order chi connectivity index (χ0) is 7.40. The van der Waals surface area contributed by atoms with Crippen molar-refractivity contribution < 1.29 is 14.4 Å². The number of carbonyl (C=O) groups is 1. The quantitative estimate of drug-likeness (QED) is 0.628. The lowest BCUT2D eigenvalue weighted by Crippen LogP contribution is -2.19. The molecule has 5 heteroatoms. The van der Waals surface area contributed by atoms with Gasteiger partial charge in [-0.1, -0.05) is 5.16 Å². The summed E-state index contributed by atoms with van der Waals surface area (Å²) in [6.45, 7) is 0.235. The van der Waals surface area contributed by atoms with E-state index in [-0.39, 0.29) is 6.54 Å². The van der Waals surface area contributed by atoms with Gasteiger partial charge in [-0.05, 0) is 0 Å². The molecule has 2 N–H and O–H groups in total. The molecule has 0 fully saturated rings. The number of nitrogens with zero attached hydrogens (tertiary/aromatic N) is 1. The van der Waals surface area contributed by atoms with Crippen molar-refractivity contribution in [2.75, 3.05) is 0 Å². The van der Waals surface area contributed by atoms with Crippen molar-refractivity contribution in [3.63, 3.8) is 0 Å². The van der Waals surface area contributed by atoms with Crippen LogP contribution in [0.4, 0.5) is 4.79 Å². The molecule has 0 radical (unpaired) electrons. The second kappa shape index (κ2) is 2.86. The third-order valence-corrected chi connectivity index (χ3v) is 0.927. The van der Waals surface area contributed by atoms with Crippen LogP contribution in [0, 0.1) is 0 Å². The molecule has 0 aliphatic rings. The Morgan fingerprint density at radius 3 is 3.20 bits per heavy atom. The van der Waals surface area contributed by atoms with E-state index in [1.54, 1.807) is 0 Å². The molecule has 0 spiro atoms. The van der Waals surface area contributed by atoms with Gasteiger partial charge in [-0.15, -0.1) is 0 Å². The molecule has 0 unspecified atom stereocenters. The highest BCUT2D eigenvalue weighted by Crippen LogP contribution is 1.93. The predicted molar refractivity (Wildman–Crippen MR) is 31.4 cm³/mol. The van der Waals surface area contributed by atoms with Gasteiger partial charge in [0, 0.05) is 5.56 Å². The van der Waals surface area contributed by atoms with E-state index < -0.39 is 6.09 Å². The first kappa shape index (κ1) is 6.60. The van der Waals surface area contributed by atoms with Gasteiger partial charge in [0.05, 0.1) is 12.7 Å². The molecule has 0 saturated carbocycles. The summed E-state index contributed by atoms with van der Waals surface area (Å²) in [5.41, 5.74) is 0.711. The number of amides is 1. The van der Waals surface area contributed by atoms with E-state index >= 15 is 0 Å². The van der Waals surface area contributed by atoms with Gasteiger partial charge in [0.2, 0.25) is 0 Å². The molecule has 1 heterocycles. The fourth-order valence-corrected chi connectivity index (χ4v) is 0.492. The van der Waals surface area contributed by atoms with Gasteiger partial charge in [-0.3, -0.25) is 0 Å². The number of hydrogen-bond donors (Lipinski definition) is 2. The Kier molecular flexibility index (Phi) is 1.89. The van der Waals surface area contributed by atoms with Crippen molar-refractivity contribution in [3.05, 3.63) is 18.0 Å². The van der Waals surface area contributed by atoms with Gasteiger partial charge in [0.25, 0.3) is 0 Å². The van der Waals surface area contributed by atoms with Gasteiger partial charge in [0.1, 0.15) is 6.26 Å². The summed E-state index contributed by atoms with van der Waals surface area (Å²) in [6, 6.07) is 0. The second-order valence-electron chi connectivity index (χ2n) is 1.69. The van der Waals surface area contributed by atoms with Crippen molar-refractivity contribution in [3.8, 4) is 0 Å². The van der Waals surface area contributed by atoms with Crippen LogP contribution in [-0.2, 0) is 6.54 Å². The van der Waals surface area contributed by atoms with Crippen molar-refractivity contribution >= 4 is 6.09 Å². The highest BCUT2D eigenvalue weighted by atomic mass is 16.5. The smallest absolute Gasteiger partial charge is 0.404 e. The zero-order valence-corrected chi connectivity index (χ0v) is 5.07. The largest absolute Gasteiger partial charge is 0.465 e. The highest BCUT2D eigenvalue weighted by Gasteiger charge is 1.96. The van der Waals surface area contributed by atoms with Crippen molar-refractivity contribution in [1.82, 2.24) is 10.5 Å². The predicted octanol–water partition coefficient (Wildman–Crippen LogP) is 0.442. The maximum atomic E-state index is 9.93. The Balaban J connectivity index is 2.35. The van der Waals surface area contributed by atoms with Crippen molar-refractivity contribution in [2.45, 2.75) is 6.54 Å². The third kappa shape index (κ3) is 1.77. The van der Waals surface area contributed by atoms with Gasteiger partial charge < -0.3 is 14.9 Å². The molecule has 54 valence electrons. The van der Waals surface area contributed by atoms with Crippen LogP contribution in [0.5, 0.6) is 0 Å². The normalized spacial score (nSPS) is 9.20. The first-order valence-electron chi connectivity index (χ1n) is 2.64. The molecule has 0 aliphatic heterocycles. The monoisotopic (exact) mass is 142 g/mol. The number of hydrogen-bond acceptors (Lipinski definition) is 3. The molecule has 1 aromatic heterocycles. The molecule has 1 rings (SSSR count). The van der Waals surface area contributed by atoms with Crippen LogP contribution in [0.3, 0.4) is 0 Å². The number of rotatable bonds is 2. The minimum Gasteiger partial charge on any atom is -0.465 e. The van der Waals surface area contributed by atoms with E-state index in [1.807, 2.05) is 0 Å². The summed E-state index contributed by atoms with van der Waals surface area (Å²) < 4.78 is 4.46. The summed E-state index contributed by atoms with van der Waals surface area (Å²) in [7, 11) is 0. The summed E-state index contributed by atoms with van der Waals surface area (Å²) in [6.07, 6.45) is 1.78. The maximum Gasteiger partial charge on any atom is 0.404 e. The van der Waals surface area contributed by atoms with E-state index in [4.69, 9.17) is 5.11 Å². The molecule has 10 heavy (non-hydrogen) atoms. The Morgan fingerprint density at radius 2 is 2.70 bits per heavy atom. The van der Waals surface area contributed by atoms with Crippen LogP contribution in [0.1, 0.15) is 5.56 Å². The molecule has 1 aromatic rings. The van der Waals surface area contributed by atoms with E-state index in [9.17, 15) is 4.79 Å². The number of nitrogens with one attached hydrogen (secondary N) is 1. The van der Waals surface area contributed by atoms with Crippen LogP contribution in [0.2, 0.25) is 0 Å². The Morgan fingerprint density at radius 1 is 1.90 bits per heavy atom. The minimum absolute atomic E-state index is 0.235. The standard InChI is InChI=1S/C5H6N2O3/c8-5(9)6-1-4-2-7-10-3-4/h2-3,6H,1H2,(H,8,9). The average Bonchev–Trinajstić information content (AvgIpc) is 2.34. The molecule has 0 atom stereocenters. The molecular formula is C5H6N2O3. The average molecular weight is 142 g/mol. The molecule has 5 nitrogen and oxygen atoms in total. The zero-order valence-electron chi connectivity index (χ0n) is 5.07. The highest BCUT2D eigenvalue weighted by molar-refractivity contribution is 5.64. The minimum atomic E-state index is -1.05. The fourth-order valence-electron chi connectivity index (χ4n) is 0.492. The molecular weight excluding hydrogens is 136 g/mol. The summed E-state index contributed by atoms with van der Waals surface area (Å²) in [5, 5.41) is 13.7. The van der Waals surface area contributed by atoms with Crippen molar-refractivity contribution in [1.29, 1.82) is 0 Å². The van der Waals surface area contributed by atoms with Crippen molar-refractivity contribution in [2.24, 2.45) is 0 Å².